The molecular formula is C20H25N5O2. The standard InChI is InChI=1S/C20H25N5O2/c1-13-10-18(25(23-13)16-7-3-4-8-16)22-20(27)17-12-24(14(2)26)11-15-6-5-9-21-19(15)17/h5-6,9-10,16-17H,3-4,7-8,11-12H2,1-2H3,(H,22,27). The molecule has 1 fully saturated rings. The molecule has 1 unspecified atom stereocenters. The number of anilines is 1. The first kappa shape index (κ1) is 17.7. The molecular weight excluding hydrogens is 342 g/mol. The van der Waals surface area contributed by atoms with Gasteiger partial charge in [0.25, 0.3) is 0 Å². The Kier molecular flexibility index (Phi) is 4.68. The second-order valence-electron chi connectivity index (χ2n) is 7.54. The summed E-state index contributed by atoms with van der Waals surface area (Å²) >= 11 is 0. The monoisotopic (exact) mass is 367 g/mol. The summed E-state index contributed by atoms with van der Waals surface area (Å²) in [5, 5.41) is 7.66. The van der Waals surface area contributed by atoms with E-state index in [0.29, 0.717) is 19.1 Å². The normalized spacial score (nSPS) is 19.8. The molecule has 1 N–H and O–H groups in total. The van der Waals surface area contributed by atoms with Crippen molar-refractivity contribution in [3.63, 3.8) is 0 Å². The summed E-state index contributed by atoms with van der Waals surface area (Å²) in [7, 11) is 0. The van der Waals surface area contributed by atoms with Crippen LogP contribution in [0.1, 0.15) is 61.5 Å². The summed E-state index contributed by atoms with van der Waals surface area (Å²) in [5.74, 6) is 0.0853. The number of aromatic nitrogens is 3. The van der Waals surface area contributed by atoms with Crippen LogP contribution in [-0.4, -0.2) is 38.0 Å². The third kappa shape index (κ3) is 3.46. The Morgan fingerprint density at radius 1 is 1.26 bits per heavy atom. The van der Waals surface area contributed by atoms with Crippen molar-refractivity contribution in [2.45, 2.75) is 58.0 Å². The van der Waals surface area contributed by atoms with Crippen LogP contribution in [0.2, 0.25) is 0 Å². The van der Waals surface area contributed by atoms with E-state index in [1.54, 1.807) is 11.1 Å². The maximum atomic E-state index is 13.1. The Hall–Kier alpha value is -2.70. The van der Waals surface area contributed by atoms with Gasteiger partial charge >= 0.3 is 0 Å². The molecule has 4 rings (SSSR count). The highest BCUT2D eigenvalue weighted by Crippen LogP contribution is 2.33. The first-order valence-corrected chi connectivity index (χ1v) is 9.59. The lowest BCUT2D eigenvalue weighted by atomic mass is 9.94. The molecule has 2 aromatic heterocycles. The van der Waals surface area contributed by atoms with Gasteiger partial charge in [-0.3, -0.25) is 14.6 Å². The average Bonchev–Trinajstić information content (AvgIpc) is 3.30. The number of carbonyl (C=O) groups is 2. The number of amides is 2. The van der Waals surface area contributed by atoms with E-state index in [9.17, 15) is 9.59 Å². The molecule has 7 heteroatoms. The van der Waals surface area contributed by atoms with Gasteiger partial charge in [-0.25, -0.2) is 4.68 Å². The number of carbonyl (C=O) groups excluding carboxylic acids is 2. The number of nitrogens with zero attached hydrogens (tertiary/aromatic N) is 4. The van der Waals surface area contributed by atoms with Crippen molar-refractivity contribution in [3.05, 3.63) is 41.3 Å². The molecule has 27 heavy (non-hydrogen) atoms. The van der Waals surface area contributed by atoms with Crippen LogP contribution < -0.4 is 5.32 Å². The van der Waals surface area contributed by atoms with Gasteiger partial charge in [-0.1, -0.05) is 18.9 Å². The SMILES string of the molecule is CC(=O)N1Cc2cccnc2C(C(=O)Nc2cc(C)nn2C2CCCC2)C1. The van der Waals surface area contributed by atoms with E-state index >= 15 is 0 Å². The molecule has 3 heterocycles. The molecule has 1 aliphatic heterocycles. The number of hydrogen-bond donors (Lipinski definition) is 1. The van der Waals surface area contributed by atoms with E-state index in [1.165, 1.54) is 19.8 Å². The van der Waals surface area contributed by atoms with Gasteiger partial charge in [-0.15, -0.1) is 0 Å². The Labute approximate surface area is 158 Å². The Morgan fingerprint density at radius 2 is 2.04 bits per heavy atom. The molecule has 7 nitrogen and oxygen atoms in total. The predicted molar refractivity (Wildman–Crippen MR) is 101 cm³/mol. The summed E-state index contributed by atoms with van der Waals surface area (Å²) < 4.78 is 1.96. The number of fused-ring (bicyclic) bond motifs is 1. The van der Waals surface area contributed by atoms with Crippen LogP contribution in [0, 0.1) is 6.92 Å². The van der Waals surface area contributed by atoms with Crippen molar-refractivity contribution in [3.8, 4) is 0 Å². The topological polar surface area (TPSA) is 80.1 Å². The van der Waals surface area contributed by atoms with Crippen molar-refractivity contribution < 1.29 is 9.59 Å². The largest absolute Gasteiger partial charge is 0.337 e. The summed E-state index contributed by atoms with van der Waals surface area (Å²) in [6.07, 6.45) is 6.29. The van der Waals surface area contributed by atoms with Crippen LogP contribution in [0.4, 0.5) is 5.82 Å². The van der Waals surface area contributed by atoms with Crippen LogP contribution in [0.3, 0.4) is 0 Å². The van der Waals surface area contributed by atoms with Crippen molar-refractivity contribution in [1.29, 1.82) is 0 Å². The van der Waals surface area contributed by atoms with Gasteiger partial charge in [0.2, 0.25) is 11.8 Å². The van der Waals surface area contributed by atoms with E-state index in [1.807, 2.05) is 29.8 Å². The highest BCUT2D eigenvalue weighted by atomic mass is 16.2. The van der Waals surface area contributed by atoms with E-state index in [4.69, 9.17) is 0 Å². The number of pyridine rings is 1. The van der Waals surface area contributed by atoms with E-state index in [2.05, 4.69) is 15.4 Å². The second kappa shape index (κ2) is 7.13. The second-order valence-corrected chi connectivity index (χ2v) is 7.54. The first-order chi connectivity index (χ1) is 13.0. The molecule has 0 aromatic carbocycles. The molecule has 2 aromatic rings. The molecule has 2 aliphatic rings. The van der Waals surface area contributed by atoms with Gasteiger partial charge in [-0.05, 0) is 31.4 Å². The fourth-order valence-electron chi connectivity index (χ4n) is 4.17. The lowest BCUT2D eigenvalue weighted by molar-refractivity contribution is -0.131. The zero-order chi connectivity index (χ0) is 19.0. The van der Waals surface area contributed by atoms with Gasteiger partial charge in [-0.2, -0.15) is 5.10 Å². The van der Waals surface area contributed by atoms with Crippen LogP contribution >= 0.6 is 0 Å². The minimum atomic E-state index is -0.480. The smallest absolute Gasteiger partial charge is 0.236 e. The van der Waals surface area contributed by atoms with Gasteiger partial charge in [0.05, 0.1) is 23.3 Å². The lowest BCUT2D eigenvalue weighted by Crippen LogP contribution is -2.41. The predicted octanol–water partition coefficient (Wildman–Crippen LogP) is 2.79. The number of nitrogens with one attached hydrogen (secondary N) is 1. The molecule has 0 bridgehead atoms. The summed E-state index contributed by atoms with van der Waals surface area (Å²) in [5.41, 5.74) is 2.58. The first-order valence-electron chi connectivity index (χ1n) is 9.59. The molecule has 0 spiro atoms. The Balaban J connectivity index is 1.60. The van der Waals surface area contributed by atoms with Gasteiger partial charge < -0.3 is 10.2 Å². The Morgan fingerprint density at radius 3 is 2.78 bits per heavy atom. The van der Waals surface area contributed by atoms with Crippen molar-refractivity contribution in [2.75, 3.05) is 11.9 Å². The van der Waals surface area contributed by atoms with Crippen LogP contribution in [0.25, 0.3) is 0 Å². The maximum Gasteiger partial charge on any atom is 0.236 e. The fourth-order valence-corrected chi connectivity index (χ4v) is 4.17. The van der Waals surface area contributed by atoms with E-state index in [0.717, 1.165) is 35.6 Å². The summed E-state index contributed by atoms with van der Waals surface area (Å²) in [4.78, 5) is 31.2. The summed E-state index contributed by atoms with van der Waals surface area (Å²) in [6, 6.07) is 6.04. The van der Waals surface area contributed by atoms with E-state index < -0.39 is 5.92 Å². The van der Waals surface area contributed by atoms with Crippen molar-refractivity contribution in [2.24, 2.45) is 0 Å². The molecule has 0 saturated heterocycles. The molecule has 1 saturated carbocycles. The summed E-state index contributed by atoms with van der Waals surface area (Å²) in [6.45, 7) is 4.33. The van der Waals surface area contributed by atoms with Gasteiger partial charge in [0, 0.05) is 32.3 Å². The zero-order valence-corrected chi connectivity index (χ0v) is 15.8. The average molecular weight is 367 g/mol. The number of hydrogen-bond acceptors (Lipinski definition) is 4. The molecule has 0 radical (unpaired) electrons. The molecule has 1 aliphatic carbocycles. The highest BCUT2D eigenvalue weighted by molar-refractivity contribution is 5.96. The molecule has 2 amide bonds. The van der Waals surface area contributed by atoms with Crippen LogP contribution in [0.5, 0.6) is 0 Å². The lowest BCUT2D eigenvalue weighted by Gasteiger charge is -2.32. The minimum Gasteiger partial charge on any atom is -0.337 e. The maximum absolute atomic E-state index is 13.1. The van der Waals surface area contributed by atoms with Crippen molar-refractivity contribution >= 4 is 17.6 Å². The third-order valence-electron chi connectivity index (χ3n) is 5.56. The number of aryl methyl sites for hydroxylation is 1. The quantitative estimate of drug-likeness (QED) is 0.905. The minimum absolute atomic E-state index is 0.0332. The fraction of sp³-hybridized carbons (Fsp3) is 0.500. The van der Waals surface area contributed by atoms with E-state index in [-0.39, 0.29) is 11.8 Å². The highest BCUT2D eigenvalue weighted by Gasteiger charge is 2.33. The number of rotatable bonds is 3. The Bertz CT molecular complexity index is 869. The molecule has 142 valence electrons. The van der Waals surface area contributed by atoms with Gasteiger partial charge in [0.1, 0.15) is 5.82 Å². The van der Waals surface area contributed by atoms with Gasteiger partial charge in [0.15, 0.2) is 0 Å². The van der Waals surface area contributed by atoms with Crippen LogP contribution in [0.15, 0.2) is 24.4 Å². The zero-order valence-electron chi connectivity index (χ0n) is 15.8. The van der Waals surface area contributed by atoms with Crippen LogP contribution in [-0.2, 0) is 16.1 Å². The third-order valence-corrected chi connectivity index (χ3v) is 5.56. The molecule has 1 atom stereocenters. The van der Waals surface area contributed by atoms with Crippen molar-refractivity contribution in [1.82, 2.24) is 19.7 Å².